The van der Waals surface area contributed by atoms with Crippen molar-refractivity contribution in [2.75, 3.05) is 31.1 Å². The van der Waals surface area contributed by atoms with Gasteiger partial charge in [0.25, 0.3) is 5.91 Å². The third kappa shape index (κ3) is 3.25. The van der Waals surface area contributed by atoms with Gasteiger partial charge in [0, 0.05) is 32.4 Å². The summed E-state index contributed by atoms with van der Waals surface area (Å²) in [5.74, 6) is 0.981. The van der Waals surface area contributed by atoms with Crippen LogP contribution in [0.15, 0.2) is 60.2 Å². The summed E-state index contributed by atoms with van der Waals surface area (Å²) >= 11 is 1.51. The molecule has 0 spiro atoms. The lowest BCUT2D eigenvalue weighted by molar-refractivity contribution is 0.0742. The minimum atomic E-state index is 0.0146. The van der Waals surface area contributed by atoms with Crippen molar-refractivity contribution < 1.29 is 4.79 Å². The zero-order valence-electron chi connectivity index (χ0n) is 13.7. The molecule has 3 heterocycles. The summed E-state index contributed by atoms with van der Waals surface area (Å²) in [5, 5.41) is 0. The first-order valence-corrected chi connectivity index (χ1v) is 9.15. The van der Waals surface area contributed by atoms with Gasteiger partial charge >= 0.3 is 0 Å². The van der Waals surface area contributed by atoms with Gasteiger partial charge in [-0.05, 0) is 17.7 Å². The molecule has 0 saturated carbocycles. The third-order valence-electron chi connectivity index (χ3n) is 4.35. The number of carbonyl (C=O) groups excluding carboxylic acids is 1. The van der Waals surface area contributed by atoms with Gasteiger partial charge in [0.1, 0.15) is 11.5 Å². The fraction of sp³-hybridized carbons (Fsp3) is 0.211. The molecule has 0 atom stereocenters. The second kappa shape index (κ2) is 7.03. The van der Waals surface area contributed by atoms with Crippen molar-refractivity contribution in [2.45, 2.75) is 0 Å². The van der Waals surface area contributed by atoms with E-state index in [1.165, 1.54) is 11.3 Å². The first-order valence-electron chi connectivity index (χ1n) is 8.27. The molecule has 0 aliphatic carbocycles. The van der Waals surface area contributed by atoms with Crippen LogP contribution in [0.25, 0.3) is 10.4 Å². The Morgan fingerprint density at radius 1 is 0.920 bits per heavy atom. The molecule has 2 aromatic heterocycles. The van der Waals surface area contributed by atoms with Crippen LogP contribution in [0, 0.1) is 0 Å². The van der Waals surface area contributed by atoms with Gasteiger partial charge < -0.3 is 9.80 Å². The summed E-state index contributed by atoms with van der Waals surface area (Å²) in [6, 6.07) is 15.9. The minimum Gasteiger partial charge on any atom is -0.353 e. The Balaban J connectivity index is 1.48. The predicted octanol–water partition coefficient (Wildman–Crippen LogP) is 3.17. The molecule has 0 N–H and O–H groups in total. The Morgan fingerprint density at radius 3 is 2.40 bits per heavy atom. The smallest absolute Gasteiger partial charge is 0.274 e. The molecule has 1 amide bonds. The number of piperazine rings is 1. The molecule has 126 valence electrons. The molecule has 0 bridgehead atoms. The van der Waals surface area contributed by atoms with Gasteiger partial charge in [0.15, 0.2) is 0 Å². The Bertz CT molecular complexity index is 842. The highest BCUT2D eigenvalue weighted by Crippen LogP contribution is 2.28. The lowest BCUT2D eigenvalue weighted by atomic mass is 10.1. The summed E-state index contributed by atoms with van der Waals surface area (Å²) in [6.45, 7) is 2.93. The van der Waals surface area contributed by atoms with E-state index in [1.54, 1.807) is 11.7 Å². The summed E-state index contributed by atoms with van der Waals surface area (Å²) in [7, 11) is 0. The molecular weight excluding hydrogens is 332 g/mol. The average molecular weight is 350 g/mol. The Kier molecular flexibility index (Phi) is 4.43. The topological polar surface area (TPSA) is 49.3 Å². The zero-order chi connectivity index (χ0) is 17.1. The van der Waals surface area contributed by atoms with Crippen molar-refractivity contribution in [2.24, 2.45) is 0 Å². The minimum absolute atomic E-state index is 0.0146. The first-order chi connectivity index (χ1) is 12.3. The SMILES string of the molecule is O=C(c1ncsc1-c1ccccc1)N1CCN(c2ccccn2)CC1. The van der Waals surface area contributed by atoms with Gasteiger partial charge in [-0.3, -0.25) is 4.79 Å². The van der Waals surface area contributed by atoms with Crippen LogP contribution in [0.1, 0.15) is 10.5 Å². The molecule has 1 aliphatic heterocycles. The van der Waals surface area contributed by atoms with Crippen molar-refractivity contribution in [1.29, 1.82) is 0 Å². The molecule has 1 fully saturated rings. The van der Waals surface area contributed by atoms with E-state index in [0.717, 1.165) is 29.3 Å². The lowest BCUT2D eigenvalue weighted by Gasteiger charge is -2.35. The van der Waals surface area contributed by atoms with Crippen LogP contribution >= 0.6 is 11.3 Å². The summed E-state index contributed by atoms with van der Waals surface area (Å²) < 4.78 is 0. The standard InChI is InChI=1S/C19H18N4OS/c24-19(17-18(25-14-21-17)15-6-2-1-3-7-15)23-12-10-22(11-13-23)16-8-4-5-9-20-16/h1-9,14H,10-13H2. The third-order valence-corrected chi connectivity index (χ3v) is 5.22. The van der Waals surface area contributed by atoms with Crippen LogP contribution in [0.3, 0.4) is 0 Å². The molecule has 5 nitrogen and oxygen atoms in total. The van der Waals surface area contributed by atoms with Gasteiger partial charge in [-0.15, -0.1) is 11.3 Å². The number of aromatic nitrogens is 2. The summed E-state index contributed by atoms with van der Waals surface area (Å²) in [6.07, 6.45) is 1.80. The Hall–Kier alpha value is -2.73. The van der Waals surface area contributed by atoms with Crippen LogP contribution in [-0.4, -0.2) is 47.0 Å². The van der Waals surface area contributed by atoms with Crippen molar-refractivity contribution in [3.8, 4) is 10.4 Å². The van der Waals surface area contributed by atoms with Gasteiger partial charge in [-0.25, -0.2) is 9.97 Å². The lowest BCUT2D eigenvalue weighted by Crippen LogP contribution is -2.49. The molecule has 6 heteroatoms. The maximum absolute atomic E-state index is 12.9. The van der Waals surface area contributed by atoms with Crippen molar-refractivity contribution in [3.05, 3.63) is 65.9 Å². The fourth-order valence-corrected chi connectivity index (χ4v) is 3.81. The largest absolute Gasteiger partial charge is 0.353 e. The molecule has 0 unspecified atom stereocenters. The van der Waals surface area contributed by atoms with Crippen molar-refractivity contribution >= 4 is 23.1 Å². The molecule has 3 aromatic rings. The van der Waals surface area contributed by atoms with E-state index in [1.807, 2.05) is 53.4 Å². The van der Waals surface area contributed by atoms with Crippen LogP contribution in [0.2, 0.25) is 0 Å². The maximum atomic E-state index is 12.9. The van der Waals surface area contributed by atoms with E-state index < -0.39 is 0 Å². The van der Waals surface area contributed by atoms with Crippen LogP contribution in [0.5, 0.6) is 0 Å². The Labute approximate surface area is 150 Å². The van der Waals surface area contributed by atoms with E-state index in [0.29, 0.717) is 18.8 Å². The summed E-state index contributed by atoms with van der Waals surface area (Å²) in [4.78, 5) is 26.7. The number of hydrogen-bond acceptors (Lipinski definition) is 5. The Morgan fingerprint density at radius 2 is 1.68 bits per heavy atom. The fourth-order valence-electron chi connectivity index (χ4n) is 3.02. The number of anilines is 1. The van der Waals surface area contributed by atoms with E-state index in [9.17, 15) is 4.79 Å². The van der Waals surface area contributed by atoms with Crippen LogP contribution < -0.4 is 4.90 Å². The number of thiazole rings is 1. The molecule has 1 aliphatic rings. The number of benzene rings is 1. The second-order valence-corrected chi connectivity index (χ2v) is 6.72. The highest BCUT2D eigenvalue weighted by Gasteiger charge is 2.26. The van der Waals surface area contributed by atoms with Gasteiger partial charge in [-0.1, -0.05) is 36.4 Å². The number of amides is 1. The highest BCUT2D eigenvalue weighted by molar-refractivity contribution is 7.13. The van der Waals surface area contributed by atoms with E-state index in [-0.39, 0.29) is 5.91 Å². The molecule has 1 aromatic carbocycles. The maximum Gasteiger partial charge on any atom is 0.274 e. The monoisotopic (exact) mass is 350 g/mol. The van der Waals surface area contributed by atoms with E-state index in [4.69, 9.17) is 0 Å². The van der Waals surface area contributed by atoms with E-state index in [2.05, 4.69) is 14.9 Å². The first kappa shape index (κ1) is 15.8. The average Bonchev–Trinajstić information content (AvgIpc) is 3.19. The quantitative estimate of drug-likeness (QED) is 0.728. The molecular formula is C19H18N4OS. The molecule has 4 rings (SSSR count). The summed E-state index contributed by atoms with van der Waals surface area (Å²) in [5.41, 5.74) is 3.35. The van der Waals surface area contributed by atoms with E-state index >= 15 is 0 Å². The molecule has 25 heavy (non-hydrogen) atoms. The van der Waals surface area contributed by atoms with Gasteiger partial charge in [-0.2, -0.15) is 0 Å². The van der Waals surface area contributed by atoms with Crippen LogP contribution in [0.4, 0.5) is 5.82 Å². The number of nitrogens with zero attached hydrogens (tertiary/aromatic N) is 4. The predicted molar refractivity (Wildman–Crippen MR) is 99.9 cm³/mol. The van der Waals surface area contributed by atoms with Crippen LogP contribution in [-0.2, 0) is 0 Å². The molecule has 1 saturated heterocycles. The zero-order valence-corrected chi connectivity index (χ0v) is 14.5. The highest BCUT2D eigenvalue weighted by atomic mass is 32.1. The normalized spacial score (nSPS) is 14.6. The molecule has 0 radical (unpaired) electrons. The number of rotatable bonds is 3. The number of hydrogen-bond donors (Lipinski definition) is 0. The van der Waals surface area contributed by atoms with Crippen molar-refractivity contribution in [1.82, 2.24) is 14.9 Å². The number of pyridine rings is 1. The number of carbonyl (C=O) groups is 1. The second-order valence-electron chi connectivity index (χ2n) is 5.86. The van der Waals surface area contributed by atoms with Crippen molar-refractivity contribution in [3.63, 3.8) is 0 Å². The van der Waals surface area contributed by atoms with Gasteiger partial charge in [0.2, 0.25) is 0 Å². The van der Waals surface area contributed by atoms with Gasteiger partial charge in [0.05, 0.1) is 10.4 Å².